The summed E-state index contributed by atoms with van der Waals surface area (Å²) in [6.07, 6.45) is 2.21. The monoisotopic (exact) mass is 303 g/mol. The highest BCUT2D eigenvalue weighted by atomic mass is 16.2. The van der Waals surface area contributed by atoms with Crippen molar-refractivity contribution in [2.45, 2.75) is 52.6 Å². The van der Waals surface area contributed by atoms with Gasteiger partial charge in [0.25, 0.3) is 5.56 Å². The minimum atomic E-state index is -0.243. The van der Waals surface area contributed by atoms with Gasteiger partial charge >= 0.3 is 0 Å². The molecule has 7 heteroatoms. The summed E-state index contributed by atoms with van der Waals surface area (Å²) in [5.41, 5.74) is 2.30. The molecule has 0 unspecified atom stereocenters. The maximum absolute atomic E-state index is 12.4. The van der Waals surface area contributed by atoms with E-state index >= 15 is 0 Å². The van der Waals surface area contributed by atoms with Crippen molar-refractivity contribution in [1.82, 2.24) is 19.6 Å². The Labute approximate surface area is 128 Å². The molecule has 0 aliphatic carbocycles. The predicted octanol–water partition coefficient (Wildman–Crippen LogP) is 1.76. The molecule has 2 aromatic rings. The van der Waals surface area contributed by atoms with Crippen LogP contribution in [0.4, 0.5) is 5.82 Å². The Morgan fingerprint density at radius 1 is 1.41 bits per heavy atom. The van der Waals surface area contributed by atoms with Crippen LogP contribution in [0.2, 0.25) is 0 Å². The van der Waals surface area contributed by atoms with Gasteiger partial charge in [0.1, 0.15) is 5.82 Å². The summed E-state index contributed by atoms with van der Waals surface area (Å²) in [6, 6.07) is 0.0648. The van der Waals surface area contributed by atoms with E-state index in [1.807, 2.05) is 38.6 Å². The summed E-state index contributed by atoms with van der Waals surface area (Å²) in [5.74, 6) is 0.271. The fourth-order valence-corrected chi connectivity index (χ4v) is 3.07. The highest BCUT2D eigenvalue weighted by molar-refractivity contribution is 5.94. The Kier molecular flexibility index (Phi) is 3.42. The fourth-order valence-electron chi connectivity index (χ4n) is 3.07. The SMILES string of the molecule is CCn1cc([C@H]2CC(=O)Nc3c2c(=O)[nH]n3C(C)C)c(C)n1. The van der Waals surface area contributed by atoms with Gasteiger partial charge in [-0.3, -0.25) is 24.1 Å². The zero-order valence-corrected chi connectivity index (χ0v) is 13.3. The summed E-state index contributed by atoms with van der Waals surface area (Å²) < 4.78 is 3.56. The van der Waals surface area contributed by atoms with Gasteiger partial charge in [-0.25, -0.2) is 0 Å². The molecule has 0 fully saturated rings. The van der Waals surface area contributed by atoms with E-state index in [2.05, 4.69) is 15.5 Å². The number of hydrogen-bond acceptors (Lipinski definition) is 3. The number of anilines is 1. The maximum Gasteiger partial charge on any atom is 0.270 e. The van der Waals surface area contributed by atoms with Gasteiger partial charge < -0.3 is 5.32 Å². The number of aromatic amines is 1. The molecular weight excluding hydrogens is 282 g/mol. The van der Waals surface area contributed by atoms with Crippen molar-refractivity contribution >= 4 is 11.7 Å². The standard InChI is InChI=1S/C15H21N5O2/c1-5-19-7-11(9(4)17-19)10-6-12(21)16-14-13(10)15(22)18-20(14)8(2)3/h7-8,10H,5-6H2,1-4H3,(H,16,21)(H,18,22)/t10-/m1/s1. The minimum Gasteiger partial charge on any atom is -0.311 e. The normalized spacial score (nSPS) is 17.7. The smallest absolute Gasteiger partial charge is 0.270 e. The van der Waals surface area contributed by atoms with E-state index in [1.54, 1.807) is 4.68 Å². The van der Waals surface area contributed by atoms with E-state index in [9.17, 15) is 9.59 Å². The number of amides is 1. The number of aromatic nitrogens is 4. The van der Waals surface area contributed by atoms with Crippen LogP contribution in [0.1, 0.15) is 56.0 Å². The first kappa shape index (κ1) is 14.6. The fraction of sp³-hybridized carbons (Fsp3) is 0.533. The van der Waals surface area contributed by atoms with E-state index in [1.165, 1.54) is 0 Å². The van der Waals surface area contributed by atoms with E-state index in [0.29, 0.717) is 11.4 Å². The van der Waals surface area contributed by atoms with Crippen molar-refractivity contribution < 1.29 is 4.79 Å². The lowest BCUT2D eigenvalue weighted by molar-refractivity contribution is -0.116. The summed E-state index contributed by atoms with van der Waals surface area (Å²) in [5, 5.41) is 10.1. The lowest BCUT2D eigenvalue weighted by atomic mass is 9.87. The lowest BCUT2D eigenvalue weighted by Gasteiger charge is -2.23. The Bertz CT molecular complexity index is 780. The molecule has 1 aliphatic heterocycles. The molecule has 0 radical (unpaired) electrons. The molecule has 1 amide bonds. The largest absolute Gasteiger partial charge is 0.311 e. The zero-order valence-electron chi connectivity index (χ0n) is 13.3. The molecule has 2 aromatic heterocycles. The number of carbonyl (C=O) groups excluding carboxylic acids is 1. The van der Waals surface area contributed by atoms with Crippen LogP contribution in [0.3, 0.4) is 0 Å². The second-order valence-corrected chi connectivity index (χ2v) is 6.00. The minimum absolute atomic E-state index is 0.0648. The molecule has 118 valence electrons. The molecule has 3 rings (SSSR count). The first-order chi connectivity index (χ1) is 10.4. The number of carbonyl (C=O) groups is 1. The van der Waals surface area contributed by atoms with Gasteiger partial charge in [0.2, 0.25) is 5.91 Å². The second kappa shape index (κ2) is 5.15. The van der Waals surface area contributed by atoms with Gasteiger partial charge in [0.05, 0.1) is 11.3 Å². The Balaban J connectivity index is 2.18. The number of H-pyrrole nitrogens is 1. The van der Waals surface area contributed by atoms with Crippen LogP contribution in [0, 0.1) is 6.92 Å². The third kappa shape index (κ3) is 2.17. The number of fused-ring (bicyclic) bond motifs is 1. The molecule has 22 heavy (non-hydrogen) atoms. The molecule has 1 aliphatic rings. The van der Waals surface area contributed by atoms with Gasteiger partial charge in [-0.15, -0.1) is 0 Å². The van der Waals surface area contributed by atoms with E-state index in [0.717, 1.165) is 17.8 Å². The first-order valence-electron chi connectivity index (χ1n) is 7.60. The van der Waals surface area contributed by atoms with E-state index in [4.69, 9.17) is 0 Å². The Morgan fingerprint density at radius 3 is 2.73 bits per heavy atom. The van der Waals surface area contributed by atoms with Crippen LogP contribution in [-0.4, -0.2) is 25.5 Å². The van der Waals surface area contributed by atoms with Crippen LogP contribution in [-0.2, 0) is 11.3 Å². The third-order valence-electron chi connectivity index (χ3n) is 4.16. The quantitative estimate of drug-likeness (QED) is 0.906. The molecule has 1 atom stereocenters. The molecule has 0 saturated heterocycles. The van der Waals surface area contributed by atoms with E-state index < -0.39 is 0 Å². The van der Waals surface area contributed by atoms with Crippen molar-refractivity contribution in [2.75, 3.05) is 5.32 Å². The number of rotatable bonds is 3. The van der Waals surface area contributed by atoms with Gasteiger partial charge in [0, 0.05) is 36.7 Å². The third-order valence-corrected chi connectivity index (χ3v) is 4.16. The summed E-state index contributed by atoms with van der Waals surface area (Å²) >= 11 is 0. The van der Waals surface area contributed by atoms with Crippen LogP contribution in [0.15, 0.2) is 11.0 Å². The van der Waals surface area contributed by atoms with Crippen LogP contribution in [0.25, 0.3) is 0 Å². The van der Waals surface area contributed by atoms with Gasteiger partial charge in [0.15, 0.2) is 0 Å². The highest BCUT2D eigenvalue weighted by Crippen LogP contribution is 2.36. The summed E-state index contributed by atoms with van der Waals surface area (Å²) in [6.45, 7) is 8.62. The van der Waals surface area contributed by atoms with Crippen LogP contribution < -0.4 is 10.9 Å². The summed E-state index contributed by atoms with van der Waals surface area (Å²) in [4.78, 5) is 24.5. The van der Waals surface area contributed by atoms with Crippen molar-refractivity contribution in [3.05, 3.63) is 33.4 Å². The van der Waals surface area contributed by atoms with Gasteiger partial charge in [-0.2, -0.15) is 5.10 Å². The predicted molar refractivity (Wildman–Crippen MR) is 83.2 cm³/mol. The van der Waals surface area contributed by atoms with Crippen molar-refractivity contribution in [2.24, 2.45) is 0 Å². The molecule has 0 saturated carbocycles. The van der Waals surface area contributed by atoms with Gasteiger partial charge in [-0.1, -0.05) is 0 Å². The molecule has 2 N–H and O–H groups in total. The zero-order chi connectivity index (χ0) is 16.0. The first-order valence-corrected chi connectivity index (χ1v) is 7.60. The van der Waals surface area contributed by atoms with Crippen molar-refractivity contribution in [3.8, 4) is 0 Å². The molecule has 0 spiro atoms. The number of aryl methyl sites for hydroxylation is 2. The second-order valence-electron chi connectivity index (χ2n) is 6.00. The van der Waals surface area contributed by atoms with E-state index in [-0.39, 0.29) is 29.8 Å². The number of nitrogens with one attached hydrogen (secondary N) is 2. The average molecular weight is 303 g/mol. The number of nitrogens with zero attached hydrogens (tertiary/aromatic N) is 3. The lowest BCUT2D eigenvalue weighted by Crippen LogP contribution is -2.27. The molecule has 7 nitrogen and oxygen atoms in total. The molecule has 3 heterocycles. The van der Waals surface area contributed by atoms with Crippen LogP contribution in [0.5, 0.6) is 0 Å². The average Bonchev–Trinajstić information content (AvgIpc) is 2.99. The van der Waals surface area contributed by atoms with Gasteiger partial charge in [-0.05, 0) is 27.7 Å². The highest BCUT2D eigenvalue weighted by Gasteiger charge is 2.34. The topological polar surface area (TPSA) is 84.7 Å². The Hall–Kier alpha value is -2.31. The molecule has 0 aromatic carbocycles. The Morgan fingerprint density at radius 2 is 2.14 bits per heavy atom. The van der Waals surface area contributed by atoms with Crippen molar-refractivity contribution in [3.63, 3.8) is 0 Å². The maximum atomic E-state index is 12.4. The molecule has 0 bridgehead atoms. The van der Waals surface area contributed by atoms with Crippen molar-refractivity contribution in [1.29, 1.82) is 0 Å². The molecular formula is C15H21N5O2. The van der Waals surface area contributed by atoms with Crippen LogP contribution >= 0.6 is 0 Å². The summed E-state index contributed by atoms with van der Waals surface area (Å²) in [7, 11) is 0. The number of hydrogen-bond donors (Lipinski definition) is 2.